The molecule has 1 aliphatic heterocycles. The minimum absolute atomic E-state index is 0.0162. The lowest BCUT2D eigenvalue weighted by atomic mass is 9.84. The first kappa shape index (κ1) is 22.3. The Bertz CT molecular complexity index is 1150. The topological polar surface area (TPSA) is 94.6 Å². The first-order valence-corrected chi connectivity index (χ1v) is 10.6. The van der Waals surface area contributed by atoms with Gasteiger partial charge in [0.1, 0.15) is 13.2 Å². The average molecular weight is 452 g/mol. The second kappa shape index (κ2) is 9.32. The molecule has 0 aliphatic carbocycles. The van der Waals surface area contributed by atoms with Crippen LogP contribution in [0.15, 0.2) is 48.7 Å². The molecular formula is C24H25FN4O4. The van der Waals surface area contributed by atoms with Crippen LogP contribution in [0.3, 0.4) is 0 Å². The van der Waals surface area contributed by atoms with Crippen molar-refractivity contribution < 1.29 is 23.4 Å². The number of esters is 1. The third kappa shape index (κ3) is 4.97. The number of hydrogen-bond acceptors (Lipinski definition) is 8. The van der Waals surface area contributed by atoms with Crippen molar-refractivity contribution >= 4 is 29.1 Å². The van der Waals surface area contributed by atoms with Crippen LogP contribution in [0.5, 0.6) is 11.5 Å². The van der Waals surface area contributed by atoms with Gasteiger partial charge in [0.15, 0.2) is 23.1 Å². The smallest absolute Gasteiger partial charge is 0.315 e. The van der Waals surface area contributed by atoms with Crippen molar-refractivity contribution in [2.75, 3.05) is 30.5 Å². The molecule has 9 heteroatoms. The number of carbonyl (C=O) groups excluding carboxylic acids is 1. The zero-order valence-corrected chi connectivity index (χ0v) is 18.6. The molecule has 0 unspecified atom stereocenters. The Balaban J connectivity index is 1.49. The molecule has 2 N–H and O–H groups in total. The lowest BCUT2D eigenvalue weighted by Crippen LogP contribution is -2.31. The van der Waals surface area contributed by atoms with Crippen LogP contribution >= 0.6 is 0 Å². The van der Waals surface area contributed by atoms with E-state index in [1.165, 1.54) is 0 Å². The molecule has 8 nitrogen and oxygen atoms in total. The van der Waals surface area contributed by atoms with Crippen molar-refractivity contribution in [3.05, 3.63) is 60.0 Å². The molecule has 172 valence electrons. The van der Waals surface area contributed by atoms with Gasteiger partial charge in [0, 0.05) is 17.4 Å². The Morgan fingerprint density at radius 3 is 2.48 bits per heavy atom. The number of anilines is 4. The number of nitrogens with zero attached hydrogens (tertiary/aromatic N) is 2. The maximum absolute atomic E-state index is 14.4. The number of carbonyl (C=O) groups is 1. The SMILES string of the molecule is CCOC(=O)C(C)(C)c1ccc(Nc2nc(Nc3ccc4c(c3)OCCO4)ncc2F)cc1. The van der Waals surface area contributed by atoms with E-state index in [9.17, 15) is 9.18 Å². The molecule has 2 heterocycles. The minimum atomic E-state index is -0.796. The average Bonchev–Trinajstić information content (AvgIpc) is 2.81. The summed E-state index contributed by atoms with van der Waals surface area (Å²) in [4.78, 5) is 20.5. The van der Waals surface area contributed by atoms with Gasteiger partial charge in [0.25, 0.3) is 0 Å². The summed E-state index contributed by atoms with van der Waals surface area (Å²) >= 11 is 0. The van der Waals surface area contributed by atoms with E-state index in [1.807, 2.05) is 0 Å². The zero-order chi connectivity index (χ0) is 23.4. The van der Waals surface area contributed by atoms with Gasteiger partial charge in [-0.15, -0.1) is 0 Å². The number of nitrogens with one attached hydrogen (secondary N) is 2. The third-order valence-electron chi connectivity index (χ3n) is 5.20. The lowest BCUT2D eigenvalue weighted by molar-refractivity contribution is -0.148. The normalized spacial score (nSPS) is 12.7. The number of rotatable bonds is 7. The Morgan fingerprint density at radius 1 is 1.06 bits per heavy atom. The highest BCUT2D eigenvalue weighted by Crippen LogP contribution is 2.33. The number of benzene rings is 2. The van der Waals surface area contributed by atoms with Gasteiger partial charge in [-0.05, 0) is 50.6 Å². The summed E-state index contributed by atoms with van der Waals surface area (Å²) < 4.78 is 30.6. The van der Waals surface area contributed by atoms with Crippen molar-refractivity contribution in [3.63, 3.8) is 0 Å². The van der Waals surface area contributed by atoms with Gasteiger partial charge >= 0.3 is 5.97 Å². The first-order chi connectivity index (χ1) is 15.9. The molecule has 0 amide bonds. The molecule has 4 rings (SSSR count). The molecule has 1 aromatic heterocycles. The summed E-state index contributed by atoms with van der Waals surface area (Å²) in [6.07, 6.45) is 1.09. The quantitative estimate of drug-likeness (QED) is 0.498. The molecule has 0 atom stereocenters. The Morgan fingerprint density at radius 2 is 1.76 bits per heavy atom. The molecule has 0 fully saturated rings. The molecule has 1 aliphatic rings. The number of aromatic nitrogens is 2. The number of hydrogen-bond donors (Lipinski definition) is 2. The Labute approximate surface area is 191 Å². The van der Waals surface area contributed by atoms with Crippen LogP contribution in [0.2, 0.25) is 0 Å². The predicted molar refractivity (Wildman–Crippen MR) is 122 cm³/mol. The fraction of sp³-hybridized carbons (Fsp3) is 0.292. The second-order valence-corrected chi connectivity index (χ2v) is 7.92. The van der Waals surface area contributed by atoms with E-state index in [2.05, 4.69) is 20.6 Å². The van der Waals surface area contributed by atoms with Crippen molar-refractivity contribution in [1.82, 2.24) is 9.97 Å². The maximum atomic E-state index is 14.4. The molecule has 2 aromatic carbocycles. The summed E-state index contributed by atoms with van der Waals surface area (Å²) in [5.41, 5.74) is 1.29. The number of fused-ring (bicyclic) bond motifs is 1. The highest BCUT2D eigenvalue weighted by atomic mass is 19.1. The third-order valence-corrected chi connectivity index (χ3v) is 5.20. The van der Waals surface area contributed by atoms with E-state index in [0.29, 0.717) is 42.7 Å². The van der Waals surface area contributed by atoms with Gasteiger partial charge in [0.2, 0.25) is 5.95 Å². The van der Waals surface area contributed by atoms with Crippen LogP contribution in [-0.4, -0.2) is 35.8 Å². The number of ether oxygens (including phenoxy) is 3. The molecule has 0 radical (unpaired) electrons. The fourth-order valence-electron chi connectivity index (χ4n) is 3.30. The van der Waals surface area contributed by atoms with Crippen LogP contribution in [0.1, 0.15) is 26.3 Å². The summed E-state index contributed by atoms with van der Waals surface area (Å²) in [6.45, 7) is 6.68. The highest BCUT2D eigenvalue weighted by Gasteiger charge is 2.31. The minimum Gasteiger partial charge on any atom is -0.486 e. The Hall–Kier alpha value is -3.88. The molecule has 3 aromatic rings. The van der Waals surface area contributed by atoms with Gasteiger partial charge in [-0.2, -0.15) is 4.98 Å². The monoisotopic (exact) mass is 452 g/mol. The number of halogens is 1. The molecule has 0 spiro atoms. The van der Waals surface area contributed by atoms with E-state index in [0.717, 1.165) is 11.8 Å². The Kier molecular flexibility index (Phi) is 6.30. The molecule has 0 saturated carbocycles. The lowest BCUT2D eigenvalue weighted by Gasteiger charge is -2.23. The van der Waals surface area contributed by atoms with Gasteiger partial charge < -0.3 is 24.8 Å². The summed E-state index contributed by atoms with van der Waals surface area (Å²) in [6, 6.07) is 12.5. The standard InChI is InChI=1S/C24H25FN4O4/c1-4-31-22(30)24(2,3)15-5-7-16(8-6-15)27-21-18(25)14-26-23(29-21)28-17-9-10-19-20(13-17)33-12-11-32-19/h5-10,13-14H,4,11-12H2,1-3H3,(H2,26,27,28,29). The molecule has 0 saturated heterocycles. The highest BCUT2D eigenvalue weighted by molar-refractivity contribution is 5.82. The predicted octanol–water partition coefficient (Wildman–Crippen LogP) is 4.71. The van der Waals surface area contributed by atoms with Gasteiger partial charge in [0.05, 0.1) is 18.2 Å². The van der Waals surface area contributed by atoms with Crippen LogP contribution < -0.4 is 20.1 Å². The van der Waals surface area contributed by atoms with Crippen molar-refractivity contribution in [2.24, 2.45) is 0 Å². The molecule has 0 bridgehead atoms. The molecular weight excluding hydrogens is 427 g/mol. The van der Waals surface area contributed by atoms with Crippen molar-refractivity contribution in [2.45, 2.75) is 26.2 Å². The van der Waals surface area contributed by atoms with Crippen LogP contribution in [0.4, 0.5) is 27.5 Å². The molecule has 33 heavy (non-hydrogen) atoms. The van der Waals surface area contributed by atoms with Gasteiger partial charge in [-0.3, -0.25) is 4.79 Å². The van der Waals surface area contributed by atoms with Gasteiger partial charge in [-0.25, -0.2) is 9.37 Å². The van der Waals surface area contributed by atoms with E-state index in [-0.39, 0.29) is 17.7 Å². The summed E-state index contributed by atoms with van der Waals surface area (Å²) in [7, 11) is 0. The summed E-state index contributed by atoms with van der Waals surface area (Å²) in [5.74, 6) is 0.625. The largest absolute Gasteiger partial charge is 0.486 e. The first-order valence-electron chi connectivity index (χ1n) is 10.6. The zero-order valence-electron chi connectivity index (χ0n) is 18.6. The summed E-state index contributed by atoms with van der Waals surface area (Å²) in [5, 5.41) is 6.00. The fourth-order valence-corrected chi connectivity index (χ4v) is 3.30. The van der Waals surface area contributed by atoms with Gasteiger partial charge in [-0.1, -0.05) is 12.1 Å². The van der Waals surface area contributed by atoms with Crippen LogP contribution in [-0.2, 0) is 14.9 Å². The van der Waals surface area contributed by atoms with Crippen molar-refractivity contribution in [3.8, 4) is 11.5 Å². The van der Waals surface area contributed by atoms with E-state index in [4.69, 9.17) is 14.2 Å². The van der Waals surface area contributed by atoms with Crippen LogP contribution in [0, 0.1) is 5.82 Å². The van der Waals surface area contributed by atoms with E-state index >= 15 is 0 Å². The second-order valence-electron chi connectivity index (χ2n) is 7.92. The van der Waals surface area contributed by atoms with Crippen molar-refractivity contribution in [1.29, 1.82) is 0 Å². The maximum Gasteiger partial charge on any atom is 0.315 e. The van der Waals surface area contributed by atoms with E-state index in [1.54, 1.807) is 63.2 Å². The van der Waals surface area contributed by atoms with Crippen LogP contribution in [0.25, 0.3) is 0 Å². The van der Waals surface area contributed by atoms with E-state index < -0.39 is 11.2 Å².